The summed E-state index contributed by atoms with van der Waals surface area (Å²) in [6.07, 6.45) is -0.957. The first-order valence-electron chi connectivity index (χ1n) is 7.80. The van der Waals surface area contributed by atoms with Gasteiger partial charge in [-0.15, -0.1) is 0 Å². The van der Waals surface area contributed by atoms with Gasteiger partial charge in [-0.3, -0.25) is 9.59 Å². The number of ether oxygens (including phenoxy) is 1. The number of rotatable bonds is 7. The topological polar surface area (TPSA) is 84.5 Å². The molecular formula is C17H23FN2O4. The van der Waals surface area contributed by atoms with Crippen molar-refractivity contribution in [2.75, 3.05) is 6.54 Å². The van der Waals surface area contributed by atoms with E-state index in [0.717, 1.165) is 12.1 Å². The van der Waals surface area contributed by atoms with Gasteiger partial charge in [0.25, 0.3) is 11.8 Å². The van der Waals surface area contributed by atoms with Crippen molar-refractivity contribution in [3.8, 4) is 0 Å². The second-order valence-electron chi connectivity index (χ2n) is 5.68. The van der Waals surface area contributed by atoms with Gasteiger partial charge in [0, 0.05) is 12.1 Å². The first-order valence-corrected chi connectivity index (χ1v) is 7.80. The van der Waals surface area contributed by atoms with Gasteiger partial charge in [0.05, 0.1) is 0 Å². The van der Waals surface area contributed by atoms with Crippen molar-refractivity contribution < 1.29 is 23.5 Å². The van der Waals surface area contributed by atoms with Gasteiger partial charge in [-0.25, -0.2) is 9.18 Å². The van der Waals surface area contributed by atoms with Gasteiger partial charge < -0.3 is 15.4 Å². The van der Waals surface area contributed by atoms with Crippen LogP contribution >= 0.6 is 0 Å². The number of halogens is 1. The zero-order valence-electron chi connectivity index (χ0n) is 14.3. The smallest absolute Gasteiger partial charge is 0.329 e. The Kier molecular flexibility index (Phi) is 7.35. The lowest BCUT2D eigenvalue weighted by Crippen LogP contribution is -2.47. The van der Waals surface area contributed by atoms with Crippen molar-refractivity contribution in [1.82, 2.24) is 10.6 Å². The number of likely N-dealkylation sites (N-methyl/N-ethyl adjacent to an activating group) is 1. The maximum atomic E-state index is 12.9. The maximum absolute atomic E-state index is 12.9. The Morgan fingerprint density at radius 1 is 1.12 bits per heavy atom. The fourth-order valence-electron chi connectivity index (χ4n) is 1.94. The van der Waals surface area contributed by atoms with Crippen molar-refractivity contribution in [3.05, 3.63) is 35.6 Å². The molecule has 0 unspecified atom stereocenters. The van der Waals surface area contributed by atoms with E-state index in [4.69, 9.17) is 4.74 Å². The van der Waals surface area contributed by atoms with E-state index in [9.17, 15) is 18.8 Å². The van der Waals surface area contributed by atoms with E-state index < -0.39 is 35.7 Å². The Hall–Kier alpha value is -2.44. The number of carbonyl (C=O) groups is 3. The van der Waals surface area contributed by atoms with Crippen LogP contribution < -0.4 is 10.6 Å². The molecule has 0 aliphatic carbocycles. The molecule has 6 nitrogen and oxygen atoms in total. The number of carbonyl (C=O) groups excluding carboxylic acids is 3. The molecule has 7 heteroatoms. The zero-order valence-corrected chi connectivity index (χ0v) is 14.3. The van der Waals surface area contributed by atoms with Crippen LogP contribution in [0.25, 0.3) is 0 Å². The van der Waals surface area contributed by atoms with Gasteiger partial charge in [0.2, 0.25) is 0 Å². The minimum absolute atomic E-state index is 0.228. The van der Waals surface area contributed by atoms with Gasteiger partial charge in [0.15, 0.2) is 6.10 Å². The summed E-state index contributed by atoms with van der Waals surface area (Å²) >= 11 is 0. The van der Waals surface area contributed by atoms with Crippen LogP contribution in [0, 0.1) is 11.7 Å². The highest BCUT2D eigenvalue weighted by molar-refractivity contribution is 5.97. The third kappa shape index (κ3) is 5.64. The lowest BCUT2D eigenvalue weighted by atomic mass is 10.0. The maximum Gasteiger partial charge on any atom is 0.329 e. The Morgan fingerprint density at radius 3 is 2.21 bits per heavy atom. The van der Waals surface area contributed by atoms with Gasteiger partial charge in [-0.1, -0.05) is 13.8 Å². The second kappa shape index (κ2) is 9.00. The first kappa shape index (κ1) is 19.6. The van der Waals surface area contributed by atoms with Gasteiger partial charge >= 0.3 is 5.97 Å². The predicted molar refractivity (Wildman–Crippen MR) is 86.7 cm³/mol. The van der Waals surface area contributed by atoms with Crippen molar-refractivity contribution in [3.63, 3.8) is 0 Å². The molecule has 132 valence electrons. The molecular weight excluding hydrogens is 315 g/mol. The number of hydrogen-bond donors (Lipinski definition) is 2. The third-order valence-electron chi connectivity index (χ3n) is 3.33. The summed E-state index contributed by atoms with van der Waals surface area (Å²) in [5.74, 6) is -2.32. The summed E-state index contributed by atoms with van der Waals surface area (Å²) in [4.78, 5) is 36.1. The molecule has 2 atom stereocenters. The highest BCUT2D eigenvalue weighted by Crippen LogP contribution is 2.09. The van der Waals surface area contributed by atoms with Crippen molar-refractivity contribution in [2.45, 2.75) is 39.8 Å². The molecule has 0 aromatic heterocycles. The van der Waals surface area contributed by atoms with Crippen LogP contribution in [0.2, 0.25) is 0 Å². The number of hydrogen-bond acceptors (Lipinski definition) is 4. The van der Waals surface area contributed by atoms with Crippen LogP contribution in [0.15, 0.2) is 24.3 Å². The number of nitrogens with one attached hydrogen (secondary N) is 2. The van der Waals surface area contributed by atoms with E-state index in [2.05, 4.69) is 10.6 Å². The molecule has 0 radical (unpaired) electrons. The van der Waals surface area contributed by atoms with Crippen molar-refractivity contribution in [2.24, 2.45) is 5.92 Å². The van der Waals surface area contributed by atoms with Crippen LogP contribution in [0.1, 0.15) is 38.1 Å². The Bertz CT molecular complexity index is 587. The normalized spacial score (nSPS) is 13.1. The fourth-order valence-corrected chi connectivity index (χ4v) is 1.94. The number of esters is 1. The van der Waals surface area contributed by atoms with E-state index in [0.29, 0.717) is 6.54 Å². The molecule has 1 aromatic carbocycles. The molecule has 0 aliphatic rings. The minimum atomic E-state index is -0.957. The predicted octanol–water partition coefficient (Wildman–Crippen LogP) is 1.65. The average Bonchev–Trinajstić information content (AvgIpc) is 2.52. The van der Waals surface area contributed by atoms with E-state index >= 15 is 0 Å². The number of benzene rings is 1. The number of amides is 2. The van der Waals surface area contributed by atoms with Gasteiger partial charge in [-0.05, 0) is 44.0 Å². The van der Waals surface area contributed by atoms with E-state index in [-0.39, 0.29) is 11.5 Å². The fraction of sp³-hybridized carbons (Fsp3) is 0.471. The molecule has 1 aromatic rings. The van der Waals surface area contributed by atoms with Crippen molar-refractivity contribution in [1.29, 1.82) is 0 Å². The zero-order chi connectivity index (χ0) is 18.3. The van der Waals surface area contributed by atoms with Gasteiger partial charge in [0.1, 0.15) is 11.9 Å². The molecule has 0 aliphatic heterocycles. The van der Waals surface area contributed by atoms with Crippen molar-refractivity contribution >= 4 is 17.8 Å². The molecule has 0 fully saturated rings. The van der Waals surface area contributed by atoms with Crippen LogP contribution in [-0.2, 0) is 14.3 Å². The monoisotopic (exact) mass is 338 g/mol. The summed E-state index contributed by atoms with van der Waals surface area (Å²) in [5.41, 5.74) is 0.228. The lowest BCUT2D eigenvalue weighted by molar-refractivity contribution is -0.157. The SMILES string of the molecule is CCNC(=O)[C@H](C)OC(=O)[C@@H](NC(=O)c1ccc(F)cc1)C(C)C. The molecule has 0 spiro atoms. The summed E-state index contributed by atoms with van der Waals surface area (Å²) in [6, 6.07) is 4.05. The Labute approximate surface area is 140 Å². The standard InChI is InChI=1S/C17H23FN2O4/c1-5-19-15(21)11(4)24-17(23)14(10(2)3)20-16(22)12-6-8-13(18)9-7-12/h6-11,14H,5H2,1-4H3,(H,19,21)(H,20,22)/t11-,14-/m0/s1. The summed E-state index contributed by atoms with van der Waals surface area (Å²) in [7, 11) is 0. The van der Waals surface area contributed by atoms with E-state index in [1.807, 2.05) is 0 Å². The lowest BCUT2D eigenvalue weighted by Gasteiger charge is -2.23. The van der Waals surface area contributed by atoms with E-state index in [1.54, 1.807) is 20.8 Å². The molecule has 1 rings (SSSR count). The highest BCUT2D eigenvalue weighted by Gasteiger charge is 2.29. The molecule has 0 saturated carbocycles. The molecule has 0 bridgehead atoms. The molecule has 2 N–H and O–H groups in total. The summed E-state index contributed by atoms with van der Waals surface area (Å²) in [5, 5.41) is 5.11. The van der Waals surface area contributed by atoms with Crippen LogP contribution in [-0.4, -0.2) is 36.5 Å². The quantitative estimate of drug-likeness (QED) is 0.741. The van der Waals surface area contributed by atoms with Crippen LogP contribution in [0.5, 0.6) is 0 Å². The summed E-state index contributed by atoms with van der Waals surface area (Å²) in [6.45, 7) is 7.13. The molecule has 24 heavy (non-hydrogen) atoms. The Morgan fingerprint density at radius 2 is 1.71 bits per heavy atom. The molecule has 0 saturated heterocycles. The Balaban J connectivity index is 2.75. The third-order valence-corrected chi connectivity index (χ3v) is 3.33. The van der Waals surface area contributed by atoms with Crippen LogP contribution in [0.3, 0.4) is 0 Å². The largest absolute Gasteiger partial charge is 0.451 e. The summed E-state index contributed by atoms with van der Waals surface area (Å²) < 4.78 is 18.0. The molecule has 2 amide bonds. The van der Waals surface area contributed by atoms with Crippen LogP contribution in [0.4, 0.5) is 4.39 Å². The van der Waals surface area contributed by atoms with E-state index in [1.165, 1.54) is 19.1 Å². The average molecular weight is 338 g/mol. The van der Waals surface area contributed by atoms with Gasteiger partial charge in [-0.2, -0.15) is 0 Å². The minimum Gasteiger partial charge on any atom is -0.451 e. The molecule has 0 heterocycles. The highest BCUT2D eigenvalue weighted by atomic mass is 19.1. The second-order valence-corrected chi connectivity index (χ2v) is 5.68. The first-order chi connectivity index (χ1) is 11.3.